The van der Waals surface area contributed by atoms with Crippen molar-refractivity contribution < 1.29 is 16.8 Å². The molecule has 10 heteroatoms. The second-order valence-corrected chi connectivity index (χ2v) is 11.2. The second kappa shape index (κ2) is 5.99. The number of benzene rings is 1. The van der Waals surface area contributed by atoms with E-state index >= 15 is 0 Å². The Hall–Kier alpha value is -0.420. The Morgan fingerprint density at radius 2 is 1.62 bits per heavy atom. The molecule has 0 unspecified atom stereocenters. The summed E-state index contributed by atoms with van der Waals surface area (Å²) in [6, 6.07) is 7.01. The molecule has 1 aromatic carbocycles. The molecular weight excluding hydrogens is 466 g/mol. The van der Waals surface area contributed by atoms with E-state index in [0.29, 0.717) is 13.9 Å². The van der Waals surface area contributed by atoms with E-state index in [1.807, 2.05) is 0 Å². The number of sulfonamides is 1. The summed E-state index contributed by atoms with van der Waals surface area (Å²) in [5, 5.41) is 0. The molecular formula is C11H9Br2NO4S3. The van der Waals surface area contributed by atoms with Gasteiger partial charge in [0.05, 0.1) is 8.68 Å². The maximum absolute atomic E-state index is 12.2. The van der Waals surface area contributed by atoms with E-state index in [1.54, 1.807) is 0 Å². The molecule has 0 aliphatic carbocycles. The molecule has 114 valence electrons. The molecule has 0 atom stereocenters. The first-order valence-electron chi connectivity index (χ1n) is 5.37. The van der Waals surface area contributed by atoms with Crippen molar-refractivity contribution in [3.63, 3.8) is 0 Å². The lowest BCUT2D eigenvalue weighted by Gasteiger charge is -2.06. The van der Waals surface area contributed by atoms with Gasteiger partial charge in [-0.3, -0.25) is 4.72 Å². The Kier molecular flexibility index (Phi) is 4.84. The average Bonchev–Trinajstić information content (AvgIpc) is 2.69. The maximum atomic E-state index is 12.2. The summed E-state index contributed by atoms with van der Waals surface area (Å²) >= 11 is 7.54. The third-order valence-corrected chi connectivity index (χ3v) is 8.66. The van der Waals surface area contributed by atoms with Gasteiger partial charge in [0.1, 0.15) is 4.21 Å². The molecule has 1 heterocycles. The van der Waals surface area contributed by atoms with Crippen molar-refractivity contribution >= 4 is 68.7 Å². The fourth-order valence-corrected chi connectivity index (χ4v) is 5.94. The van der Waals surface area contributed by atoms with Gasteiger partial charge in [-0.1, -0.05) is 0 Å². The smallest absolute Gasteiger partial charge is 0.271 e. The predicted octanol–water partition coefficient (Wildman–Crippen LogP) is 3.48. The Balaban J connectivity index is 2.29. The highest BCUT2D eigenvalue weighted by molar-refractivity contribution is 9.13. The number of nitrogens with one attached hydrogen (secondary N) is 1. The molecule has 5 nitrogen and oxygen atoms in total. The molecule has 1 N–H and O–H groups in total. The lowest BCUT2D eigenvalue weighted by atomic mass is 10.3. The van der Waals surface area contributed by atoms with Crippen LogP contribution in [0.3, 0.4) is 0 Å². The van der Waals surface area contributed by atoms with Gasteiger partial charge in [-0.2, -0.15) is 0 Å². The van der Waals surface area contributed by atoms with Crippen molar-refractivity contribution in [1.29, 1.82) is 0 Å². The fourth-order valence-electron chi connectivity index (χ4n) is 1.43. The summed E-state index contributed by atoms with van der Waals surface area (Å²) in [6.45, 7) is 0. The Morgan fingerprint density at radius 1 is 1.05 bits per heavy atom. The van der Waals surface area contributed by atoms with Crippen LogP contribution in [0.25, 0.3) is 0 Å². The molecule has 0 fully saturated rings. The summed E-state index contributed by atoms with van der Waals surface area (Å²) in [6.07, 6.45) is 1.09. The molecule has 0 spiro atoms. The summed E-state index contributed by atoms with van der Waals surface area (Å²) in [4.78, 5) is 0.132. The van der Waals surface area contributed by atoms with Gasteiger partial charge >= 0.3 is 0 Å². The number of hydrogen-bond donors (Lipinski definition) is 1. The molecule has 0 radical (unpaired) electrons. The minimum atomic E-state index is -3.70. The normalized spacial score (nSPS) is 12.3. The van der Waals surface area contributed by atoms with Gasteiger partial charge in [-0.25, -0.2) is 16.8 Å². The van der Waals surface area contributed by atoms with Crippen LogP contribution in [-0.4, -0.2) is 23.1 Å². The van der Waals surface area contributed by atoms with Gasteiger partial charge in [0.25, 0.3) is 10.0 Å². The average molecular weight is 475 g/mol. The van der Waals surface area contributed by atoms with E-state index in [0.717, 1.165) is 17.6 Å². The number of sulfone groups is 1. The van der Waals surface area contributed by atoms with Crippen LogP contribution in [0, 0.1) is 0 Å². The van der Waals surface area contributed by atoms with Crippen LogP contribution in [-0.2, 0) is 19.9 Å². The van der Waals surface area contributed by atoms with Crippen molar-refractivity contribution in [2.45, 2.75) is 9.10 Å². The number of thiophene rings is 1. The van der Waals surface area contributed by atoms with Crippen molar-refractivity contribution in [2.75, 3.05) is 11.0 Å². The van der Waals surface area contributed by atoms with Crippen LogP contribution in [0.1, 0.15) is 0 Å². The number of hydrogen-bond acceptors (Lipinski definition) is 5. The number of anilines is 1. The summed E-state index contributed by atoms with van der Waals surface area (Å²) in [5.41, 5.74) is 0.294. The Morgan fingerprint density at radius 3 is 2.05 bits per heavy atom. The highest BCUT2D eigenvalue weighted by atomic mass is 79.9. The van der Waals surface area contributed by atoms with E-state index in [2.05, 4.69) is 36.6 Å². The van der Waals surface area contributed by atoms with E-state index < -0.39 is 19.9 Å². The molecule has 2 aromatic rings. The molecule has 0 bridgehead atoms. The lowest BCUT2D eigenvalue weighted by Crippen LogP contribution is -2.11. The van der Waals surface area contributed by atoms with Gasteiger partial charge in [-0.05, 0) is 62.2 Å². The predicted molar refractivity (Wildman–Crippen MR) is 90.1 cm³/mol. The van der Waals surface area contributed by atoms with Gasteiger partial charge in [0.15, 0.2) is 9.84 Å². The lowest BCUT2D eigenvalue weighted by molar-refractivity contribution is 0.601. The topological polar surface area (TPSA) is 80.3 Å². The van der Waals surface area contributed by atoms with Crippen LogP contribution in [0.4, 0.5) is 5.69 Å². The SMILES string of the molecule is CS(=O)(=O)c1ccc(NS(=O)(=O)c2cc(Br)c(Br)s2)cc1. The minimum absolute atomic E-state index is 0.132. The number of halogens is 2. The van der Waals surface area contributed by atoms with Crippen molar-refractivity contribution in [3.05, 3.63) is 38.6 Å². The Labute approximate surface area is 143 Å². The molecule has 0 aliphatic heterocycles. The van der Waals surface area contributed by atoms with Gasteiger partial charge in [0.2, 0.25) is 0 Å². The summed E-state index contributed by atoms with van der Waals surface area (Å²) in [5.74, 6) is 0. The summed E-state index contributed by atoms with van der Waals surface area (Å²) in [7, 11) is -7.01. The van der Waals surface area contributed by atoms with Crippen molar-refractivity contribution in [3.8, 4) is 0 Å². The first-order valence-corrected chi connectivity index (χ1v) is 11.1. The highest BCUT2D eigenvalue weighted by Crippen LogP contribution is 2.35. The first kappa shape index (κ1) is 16.9. The molecule has 0 saturated heterocycles. The largest absolute Gasteiger partial charge is 0.279 e. The van der Waals surface area contributed by atoms with E-state index in [9.17, 15) is 16.8 Å². The quantitative estimate of drug-likeness (QED) is 0.735. The van der Waals surface area contributed by atoms with Crippen LogP contribution >= 0.6 is 43.2 Å². The summed E-state index contributed by atoms with van der Waals surface area (Å²) < 4.78 is 50.9. The van der Waals surface area contributed by atoms with Gasteiger partial charge in [0, 0.05) is 16.4 Å². The van der Waals surface area contributed by atoms with E-state index in [-0.39, 0.29) is 9.10 Å². The molecule has 21 heavy (non-hydrogen) atoms. The highest BCUT2D eigenvalue weighted by Gasteiger charge is 2.19. The van der Waals surface area contributed by atoms with Gasteiger partial charge < -0.3 is 0 Å². The molecule has 2 rings (SSSR count). The Bertz CT molecular complexity index is 851. The molecule has 1 aromatic heterocycles. The monoisotopic (exact) mass is 473 g/mol. The molecule has 0 amide bonds. The standard InChI is InChI=1S/C11H9Br2NO4S3/c1-20(15,16)8-4-2-7(3-5-8)14-21(17,18)10-6-9(12)11(13)19-10/h2-6,14H,1H3. The first-order chi connectivity index (χ1) is 9.59. The number of rotatable bonds is 4. The third-order valence-electron chi connectivity index (χ3n) is 2.42. The van der Waals surface area contributed by atoms with E-state index in [1.165, 1.54) is 30.3 Å². The van der Waals surface area contributed by atoms with Crippen LogP contribution in [0.5, 0.6) is 0 Å². The zero-order chi connectivity index (χ0) is 15.8. The van der Waals surface area contributed by atoms with Crippen LogP contribution in [0.15, 0.2) is 47.7 Å². The fraction of sp³-hybridized carbons (Fsp3) is 0.0909. The minimum Gasteiger partial charge on any atom is -0.279 e. The second-order valence-electron chi connectivity index (χ2n) is 4.09. The maximum Gasteiger partial charge on any atom is 0.271 e. The van der Waals surface area contributed by atoms with Crippen molar-refractivity contribution in [2.24, 2.45) is 0 Å². The van der Waals surface area contributed by atoms with Crippen LogP contribution < -0.4 is 4.72 Å². The van der Waals surface area contributed by atoms with E-state index in [4.69, 9.17) is 0 Å². The zero-order valence-corrected chi connectivity index (χ0v) is 16.1. The zero-order valence-electron chi connectivity index (χ0n) is 10.5. The molecule has 0 saturated carbocycles. The van der Waals surface area contributed by atoms with Gasteiger partial charge in [-0.15, -0.1) is 11.3 Å². The van der Waals surface area contributed by atoms with Crippen LogP contribution in [0.2, 0.25) is 0 Å². The third kappa shape index (κ3) is 4.07. The molecule has 0 aliphatic rings. The van der Waals surface area contributed by atoms with Crippen molar-refractivity contribution in [1.82, 2.24) is 0 Å².